The van der Waals surface area contributed by atoms with Crippen molar-refractivity contribution >= 4 is 5.97 Å². The molecule has 1 heterocycles. The van der Waals surface area contributed by atoms with Crippen molar-refractivity contribution in [2.24, 2.45) is 5.92 Å². The van der Waals surface area contributed by atoms with Crippen LogP contribution in [0, 0.1) is 5.92 Å². The summed E-state index contributed by atoms with van der Waals surface area (Å²) in [4.78, 5) is 15.4. The van der Waals surface area contributed by atoms with Crippen LogP contribution in [-0.2, 0) is 4.79 Å². The van der Waals surface area contributed by atoms with E-state index >= 15 is 0 Å². The minimum Gasteiger partial charge on any atom is -0.480 e. The van der Waals surface area contributed by atoms with Gasteiger partial charge in [0.25, 0.3) is 0 Å². The summed E-state index contributed by atoms with van der Waals surface area (Å²) >= 11 is 0. The predicted octanol–water partition coefficient (Wildman–Crippen LogP) is 0.343. The summed E-state index contributed by atoms with van der Waals surface area (Å²) in [6.07, 6.45) is 0. The smallest absolute Gasteiger partial charge is 0.321 e. The molecule has 0 aliphatic carbocycles. The van der Waals surface area contributed by atoms with Gasteiger partial charge in [0.05, 0.1) is 0 Å². The summed E-state index contributed by atoms with van der Waals surface area (Å²) in [6.45, 7) is 7.61. The van der Waals surface area contributed by atoms with E-state index in [1.54, 1.807) is 0 Å². The first-order valence-electron chi connectivity index (χ1n) is 5.17. The van der Waals surface area contributed by atoms with Crippen LogP contribution in [0.4, 0.5) is 0 Å². The van der Waals surface area contributed by atoms with Crippen molar-refractivity contribution in [1.29, 1.82) is 0 Å². The molecule has 1 N–H and O–H groups in total. The highest BCUT2D eigenvalue weighted by Gasteiger charge is 2.30. The number of aliphatic carboxylic acids is 1. The lowest BCUT2D eigenvalue weighted by molar-refractivity contribution is -0.145. The number of carboxylic acid groups (broad SMARTS) is 1. The maximum atomic E-state index is 11.1. The van der Waals surface area contributed by atoms with Gasteiger partial charge in [-0.05, 0) is 13.0 Å². The Balaban J connectivity index is 2.56. The van der Waals surface area contributed by atoms with Crippen molar-refractivity contribution < 1.29 is 9.90 Å². The Morgan fingerprint density at radius 1 is 1.21 bits per heavy atom. The molecule has 0 bridgehead atoms. The van der Waals surface area contributed by atoms with Crippen molar-refractivity contribution in [3.8, 4) is 0 Å². The summed E-state index contributed by atoms with van der Waals surface area (Å²) in [6, 6.07) is -0.316. The molecule has 4 nitrogen and oxygen atoms in total. The van der Waals surface area contributed by atoms with Crippen LogP contribution in [0.3, 0.4) is 0 Å². The molecule has 1 atom stereocenters. The fourth-order valence-corrected chi connectivity index (χ4v) is 1.96. The van der Waals surface area contributed by atoms with Gasteiger partial charge in [-0.3, -0.25) is 9.69 Å². The standard InChI is InChI=1S/C10H20N2O2/c1-8(2)9(10(13)14)12-6-4-11(3)5-7-12/h8-9H,4-7H2,1-3H3,(H,13,14)/t9-/m0/s1. The lowest BCUT2D eigenvalue weighted by Crippen LogP contribution is -2.53. The van der Waals surface area contributed by atoms with Gasteiger partial charge in [0, 0.05) is 26.2 Å². The first-order chi connectivity index (χ1) is 6.52. The van der Waals surface area contributed by atoms with Gasteiger partial charge >= 0.3 is 5.97 Å². The van der Waals surface area contributed by atoms with Gasteiger partial charge in [0.2, 0.25) is 0 Å². The summed E-state index contributed by atoms with van der Waals surface area (Å²) in [5.74, 6) is -0.513. The Morgan fingerprint density at radius 2 is 1.71 bits per heavy atom. The summed E-state index contributed by atoms with van der Waals surface area (Å²) in [7, 11) is 2.07. The largest absolute Gasteiger partial charge is 0.480 e. The fourth-order valence-electron chi connectivity index (χ4n) is 1.96. The van der Waals surface area contributed by atoms with E-state index < -0.39 is 5.97 Å². The molecular formula is C10H20N2O2. The van der Waals surface area contributed by atoms with Gasteiger partial charge in [-0.2, -0.15) is 0 Å². The Bertz CT molecular complexity index is 198. The molecule has 1 aliphatic heterocycles. The lowest BCUT2D eigenvalue weighted by Gasteiger charge is -2.37. The van der Waals surface area contributed by atoms with Crippen LogP contribution in [0.2, 0.25) is 0 Å². The Kier molecular flexibility index (Phi) is 3.89. The first kappa shape index (κ1) is 11.5. The van der Waals surface area contributed by atoms with Crippen molar-refractivity contribution in [2.75, 3.05) is 33.2 Å². The molecule has 0 aromatic heterocycles. The van der Waals surface area contributed by atoms with Crippen LogP contribution in [0.15, 0.2) is 0 Å². The van der Waals surface area contributed by atoms with E-state index in [2.05, 4.69) is 16.8 Å². The Morgan fingerprint density at radius 3 is 2.07 bits per heavy atom. The molecule has 0 aromatic rings. The number of hydrogen-bond donors (Lipinski definition) is 1. The number of carbonyl (C=O) groups is 1. The van der Waals surface area contributed by atoms with Crippen LogP contribution in [0.25, 0.3) is 0 Å². The number of carboxylic acids is 1. The highest BCUT2D eigenvalue weighted by molar-refractivity contribution is 5.73. The summed E-state index contributed by atoms with van der Waals surface area (Å²) in [5.41, 5.74) is 0. The number of rotatable bonds is 3. The van der Waals surface area contributed by atoms with E-state index in [1.165, 1.54) is 0 Å². The fraction of sp³-hybridized carbons (Fsp3) is 0.900. The van der Waals surface area contributed by atoms with Crippen molar-refractivity contribution in [3.63, 3.8) is 0 Å². The zero-order valence-electron chi connectivity index (χ0n) is 9.23. The molecule has 0 saturated carbocycles. The Hall–Kier alpha value is -0.610. The van der Waals surface area contributed by atoms with E-state index in [0.717, 1.165) is 26.2 Å². The second-order valence-electron chi connectivity index (χ2n) is 4.37. The van der Waals surface area contributed by atoms with Crippen LogP contribution in [-0.4, -0.2) is 60.1 Å². The van der Waals surface area contributed by atoms with Crippen LogP contribution < -0.4 is 0 Å². The number of piperazine rings is 1. The number of hydrogen-bond acceptors (Lipinski definition) is 3. The molecule has 14 heavy (non-hydrogen) atoms. The summed E-state index contributed by atoms with van der Waals surface area (Å²) < 4.78 is 0. The monoisotopic (exact) mass is 200 g/mol. The normalized spacial score (nSPS) is 22.6. The third-order valence-electron chi connectivity index (χ3n) is 2.82. The third-order valence-corrected chi connectivity index (χ3v) is 2.82. The third kappa shape index (κ3) is 2.69. The van der Waals surface area contributed by atoms with E-state index in [0.29, 0.717) is 0 Å². The van der Waals surface area contributed by atoms with Crippen molar-refractivity contribution in [1.82, 2.24) is 9.80 Å². The zero-order chi connectivity index (χ0) is 10.7. The van der Waals surface area contributed by atoms with Gasteiger partial charge in [-0.25, -0.2) is 0 Å². The van der Waals surface area contributed by atoms with E-state index in [-0.39, 0.29) is 12.0 Å². The molecule has 0 radical (unpaired) electrons. The Labute approximate surface area is 85.5 Å². The van der Waals surface area contributed by atoms with Gasteiger partial charge in [-0.1, -0.05) is 13.8 Å². The van der Waals surface area contributed by atoms with Gasteiger partial charge in [0.15, 0.2) is 0 Å². The SMILES string of the molecule is CC(C)[C@@H](C(=O)O)N1CCN(C)CC1. The number of nitrogens with zero attached hydrogens (tertiary/aromatic N) is 2. The maximum absolute atomic E-state index is 11.1. The molecule has 0 unspecified atom stereocenters. The molecular weight excluding hydrogens is 180 g/mol. The first-order valence-corrected chi connectivity index (χ1v) is 5.17. The molecule has 1 saturated heterocycles. The van der Waals surface area contributed by atoms with E-state index in [1.807, 2.05) is 13.8 Å². The zero-order valence-corrected chi connectivity index (χ0v) is 9.23. The van der Waals surface area contributed by atoms with Crippen LogP contribution >= 0.6 is 0 Å². The molecule has 0 spiro atoms. The van der Waals surface area contributed by atoms with E-state index in [9.17, 15) is 4.79 Å². The average molecular weight is 200 g/mol. The summed E-state index contributed by atoms with van der Waals surface area (Å²) in [5, 5.41) is 9.11. The molecule has 1 aliphatic rings. The quantitative estimate of drug-likeness (QED) is 0.713. The van der Waals surface area contributed by atoms with Crippen molar-refractivity contribution in [3.05, 3.63) is 0 Å². The second-order valence-corrected chi connectivity index (χ2v) is 4.37. The predicted molar refractivity (Wildman–Crippen MR) is 55.3 cm³/mol. The second kappa shape index (κ2) is 4.75. The molecule has 4 heteroatoms. The molecule has 1 fully saturated rings. The average Bonchev–Trinajstić information content (AvgIpc) is 2.07. The van der Waals surface area contributed by atoms with Gasteiger partial charge < -0.3 is 10.0 Å². The number of likely N-dealkylation sites (N-methyl/N-ethyl adjacent to an activating group) is 1. The van der Waals surface area contributed by atoms with Crippen LogP contribution in [0.1, 0.15) is 13.8 Å². The minimum absolute atomic E-state index is 0.177. The van der Waals surface area contributed by atoms with Crippen LogP contribution in [0.5, 0.6) is 0 Å². The van der Waals surface area contributed by atoms with Gasteiger partial charge in [0.1, 0.15) is 6.04 Å². The van der Waals surface area contributed by atoms with Gasteiger partial charge in [-0.15, -0.1) is 0 Å². The lowest BCUT2D eigenvalue weighted by atomic mass is 10.0. The highest BCUT2D eigenvalue weighted by Crippen LogP contribution is 2.13. The molecule has 0 amide bonds. The maximum Gasteiger partial charge on any atom is 0.321 e. The van der Waals surface area contributed by atoms with E-state index in [4.69, 9.17) is 5.11 Å². The molecule has 82 valence electrons. The molecule has 1 rings (SSSR count). The minimum atomic E-state index is -0.690. The topological polar surface area (TPSA) is 43.8 Å². The highest BCUT2D eigenvalue weighted by atomic mass is 16.4. The van der Waals surface area contributed by atoms with Crippen molar-refractivity contribution in [2.45, 2.75) is 19.9 Å². The molecule has 0 aromatic carbocycles.